The first-order valence-electron chi connectivity index (χ1n) is 5.88. The summed E-state index contributed by atoms with van der Waals surface area (Å²) >= 11 is 0. The summed E-state index contributed by atoms with van der Waals surface area (Å²) in [6, 6.07) is 1.62. The fourth-order valence-electron chi connectivity index (χ4n) is 2.24. The predicted molar refractivity (Wildman–Crippen MR) is 67.5 cm³/mol. The van der Waals surface area contributed by atoms with Gasteiger partial charge in [-0.15, -0.1) is 0 Å². The summed E-state index contributed by atoms with van der Waals surface area (Å²) in [6.45, 7) is 5.90. The Morgan fingerprint density at radius 2 is 2.12 bits per heavy atom. The van der Waals surface area contributed by atoms with Crippen LogP contribution in [0.2, 0.25) is 0 Å². The molecule has 92 valence electrons. The van der Waals surface area contributed by atoms with E-state index in [9.17, 15) is 9.59 Å². The van der Waals surface area contributed by atoms with E-state index in [4.69, 9.17) is 0 Å². The Labute approximate surface area is 98.5 Å². The van der Waals surface area contributed by atoms with Crippen LogP contribution < -0.4 is 11.1 Å². The van der Waals surface area contributed by atoms with Crippen LogP contribution >= 0.6 is 0 Å². The van der Waals surface area contributed by atoms with Crippen molar-refractivity contribution < 1.29 is 0 Å². The maximum absolute atomic E-state index is 11.8. The van der Waals surface area contributed by atoms with Crippen LogP contribution in [0.4, 0.5) is 0 Å². The van der Waals surface area contributed by atoms with Gasteiger partial charge in [-0.2, -0.15) is 0 Å². The number of aryl methyl sites for hydroxylation is 1. The predicted octanol–water partition coefficient (Wildman–Crippen LogP) is 1.69. The number of aromatic amines is 2. The van der Waals surface area contributed by atoms with Crippen LogP contribution in [0.5, 0.6) is 0 Å². The van der Waals surface area contributed by atoms with Gasteiger partial charge in [0.1, 0.15) is 5.65 Å². The van der Waals surface area contributed by atoms with Crippen molar-refractivity contribution in [2.45, 2.75) is 39.7 Å². The number of nitrogens with one attached hydrogen (secondary N) is 2. The Morgan fingerprint density at radius 3 is 2.76 bits per heavy atom. The maximum atomic E-state index is 11.8. The highest BCUT2D eigenvalue weighted by molar-refractivity contribution is 5.77. The molecule has 0 saturated carbocycles. The number of nitrogens with zero attached hydrogens (tertiary/aromatic N) is 1. The smallest absolute Gasteiger partial charge is 0.273 e. The average Bonchev–Trinajstić information content (AvgIpc) is 2.56. The highest BCUT2D eigenvalue weighted by Crippen LogP contribution is 2.17. The summed E-state index contributed by atoms with van der Waals surface area (Å²) in [5.74, 6) is 0. The number of aromatic nitrogens is 3. The van der Waals surface area contributed by atoms with Crippen LogP contribution in [0.25, 0.3) is 11.0 Å². The molecule has 2 heterocycles. The summed E-state index contributed by atoms with van der Waals surface area (Å²) < 4.78 is 1.76. The molecule has 2 aromatic rings. The van der Waals surface area contributed by atoms with Crippen molar-refractivity contribution in [1.82, 2.24) is 14.8 Å². The van der Waals surface area contributed by atoms with Gasteiger partial charge in [0.15, 0.2) is 0 Å². The van der Waals surface area contributed by atoms with E-state index in [1.807, 2.05) is 6.92 Å². The fraction of sp³-hybridized carbons (Fsp3) is 0.500. The summed E-state index contributed by atoms with van der Waals surface area (Å²) in [5, 5.41) is 3.37. The van der Waals surface area contributed by atoms with E-state index in [1.165, 1.54) is 6.07 Å². The Morgan fingerprint density at radius 1 is 1.41 bits per heavy atom. The van der Waals surface area contributed by atoms with Crippen molar-refractivity contribution in [2.24, 2.45) is 0 Å². The quantitative estimate of drug-likeness (QED) is 0.849. The van der Waals surface area contributed by atoms with Crippen LogP contribution in [-0.2, 0) is 0 Å². The van der Waals surface area contributed by atoms with E-state index in [0.717, 1.165) is 12.8 Å². The van der Waals surface area contributed by atoms with E-state index >= 15 is 0 Å². The minimum Gasteiger partial charge on any atom is -0.307 e. The number of pyridine rings is 1. The third-order valence-electron chi connectivity index (χ3n) is 3.06. The maximum Gasteiger partial charge on any atom is 0.273 e. The second kappa shape index (κ2) is 4.24. The zero-order valence-corrected chi connectivity index (χ0v) is 10.3. The molecule has 0 aliphatic carbocycles. The minimum atomic E-state index is -0.175. The molecule has 1 unspecified atom stereocenters. The number of hydrogen-bond acceptors (Lipinski definition) is 2. The highest BCUT2D eigenvalue weighted by atomic mass is 16.1. The first-order chi connectivity index (χ1) is 8.04. The van der Waals surface area contributed by atoms with Crippen molar-refractivity contribution >= 4 is 11.0 Å². The lowest BCUT2D eigenvalue weighted by molar-refractivity contribution is 0.462. The molecule has 2 N–H and O–H groups in total. The van der Waals surface area contributed by atoms with Gasteiger partial charge in [0.05, 0.1) is 5.39 Å². The molecular formula is C12H17N3O2. The number of rotatable bonds is 3. The van der Waals surface area contributed by atoms with Crippen molar-refractivity contribution in [3.05, 3.63) is 32.3 Å². The molecule has 0 amide bonds. The molecule has 0 fully saturated rings. The van der Waals surface area contributed by atoms with Crippen molar-refractivity contribution in [3.8, 4) is 0 Å². The SMILES string of the molecule is CCCC(C)n1[nH]c(=O)c2c(C)cc(=O)[nH]c21. The van der Waals surface area contributed by atoms with E-state index < -0.39 is 0 Å². The topological polar surface area (TPSA) is 70.7 Å². The first kappa shape index (κ1) is 11.7. The van der Waals surface area contributed by atoms with Gasteiger partial charge in [0, 0.05) is 12.1 Å². The molecule has 0 saturated heterocycles. The van der Waals surface area contributed by atoms with Crippen molar-refractivity contribution in [3.63, 3.8) is 0 Å². The Kier molecular flexibility index (Phi) is 2.92. The fourth-order valence-corrected chi connectivity index (χ4v) is 2.24. The van der Waals surface area contributed by atoms with Gasteiger partial charge in [-0.1, -0.05) is 13.3 Å². The molecule has 0 aliphatic rings. The van der Waals surface area contributed by atoms with Gasteiger partial charge in [0.25, 0.3) is 5.56 Å². The number of fused-ring (bicyclic) bond motifs is 1. The summed E-state index contributed by atoms with van der Waals surface area (Å²) in [5.41, 5.74) is 0.997. The minimum absolute atomic E-state index is 0.142. The van der Waals surface area contributed by atoms with Crippen LogP contribution in [-0.4, -0.2) is 14.8 Å². The Balaban J connectivity index is 2.74. The first-order valence-corrected chi connectivity index (χ1v) is 5.88. The third kappa shape index (κ3) is 1.92. The molecule has 2 aromatic heterocycles. The monoisotopic (exact) mass is 235 g/mol. The van der Waals surface area contributed by atoms with E-state index in [0.29, 0.717) is 16.6 Å². The second-order valence-corrected chi connectivity index (χ2v) is 4.49. The molecule has 2 rings (SSSR count). The summed E-state index contributed by atoms with van der Waals surface area (Å²) in [4.78, 5) is 26.0. The molecule has 0 spiro atoms. The average molecular weight is 235 g/mol. The Bertz CT molecular complexity index is 648. The molecule has 0 bridgehead atoms. The molecule has 17 heavy (non-hydrogen) atoms. The van der Waals surface area contributed by atoms with Crippen LogP contribution in [0.15, 0.2) is 15.7 Å². The van der Waals surface area contributed by atoms with Gasteiger partial charge in [-0.05, 0) is 25.8 Å². The van der Waals surface area contributed by atoms with Crippen LogP contribution in [0.1, 0.15) is 38.3 Å². The summed E-state index contributed by atoms with van der Waals surface area (Å²) in [7, 11) is 0. The second-order valence-electron chi connectivity index (χ2n) is 4.49. The number of H-pyrrole nitrogens is 2. The van der Waals surface area contributed by atoms with Crippen LogP contribution in [0, 0.1) is 6.92 Å². The van der Waals surface area contributed by atoms with Gasteiger partial charge in [-0.25, -0.2) is 0 Å². The molecule has 5 nitrogen and oxygen atoms in total. The Hall–Kier alpha value is -1.78. The van der Waals surface area contributed by atoms with E-state index in [-0.39, 0.29) is 17.2 Å². The lowest BCUT2D eigenvalue weighted by Gasteiger charge is -2.12. The zero-order chi connectivity index (χ0) is 12.6. The lowest BCUT2D eigenvalue weighted by atomic mass is 10.2. The lowest BCUT2D eigenvalue weighted by Crippen LogP contribution is -2.12. The van der Waals surface area contributed by atoms with Gasteiger partial charge >= 0.3 is 0 Å². The standard InChI is InChI=1S/C12H17N3O2/c1-4-5-8(3)15-11-10(12(17)14-15)7(2)6-9(16)13-11/h6,8H,4-5H2,1-3H3,(H,13,16)(H,14,17). The van der Waals surface area contributed by atoms with Crippen molar-refractivity contribution in [1.29, 1.82) is 0 Å². The third-order valence-corrected chi connectivity index (χ3v) is 3.06. The van der Waals surface area contributed by atoms with E-state index in [1.54, 1.807) is 11.6 Å². The highest BCUT2D eigenvalue weighted by Gasteiger charge is 2.14. The molecule has 0 aromatic carbocycles. The normalized spacial score (nSPS) is 13.1. The largest absolute Gasteiger partial charge is 0.307 e. The molecule has 0 radical (unpaired) electrons. The van der Waals surface area contributed by atoms with Gasteiger partial charge in [-0.3, -0.25) is 19.4 Å². The van der Waals surface area contributed by atoms with E-state index in [2.05, 4.69) is 17.0 Å². The van der Waals surface area contributed by atoms with Gasteiger partial charge < -0.3 is 4.98 Å². The number of hydrogen-bond donors (Lipinski definition) is 2. The molecule has 5 heteroatoms. The molecular weight excluding hydrogens is 218 g/mol. The van der Waals surface area contributed by atoms with Crippen LogP contribution in [0.3, 0.4) is 0 Å². The van der Waals surface area contributed by atoms with Crippen molar-refractivity contribution in [2.75, 3.05) is 0 Å². The molecule has 0 aliphatic heterocycles. The van der Waals surface area contributed by atoms with Gasteiger partial charge in [0.2, 0.25) is 5.56 Å². The summed E-state index contributed by atoms with van der Waals surface area (Å²) in [6.07, 6.45) is 1.98. The molecule has 1 atom stereocenters. The zero-order valence-electron chi connectivity index (χ0n) is 10.3.